The lowest BCUT2D eigenvalue weighted by atomic mass is 9.98. The van der Waals surface area contributed by atoms with Crippen molar-refractivity contribution in [3.63, 3.8) is 0 Å². The molecule has 0 bridgehead atoms. The van der Waals surface area contributed by atoms with E-state index in [9.17, 15) is 9.90 Å². The molecule has 104 valence electrons. The number of hydrogen-bond donors (Lipinski definition) is 1. The summed E-state index contributed by atoms with van der Waals surface area (Å²) in [7, 11) is 0. The quantitative estimate of drug-likeness (QED) is 0.687. The van der Waals surface area contributed by atoms with E-state index in [1.54, 1.807) is 4.90 Å². The van der Waals surface area contributed by atoms with Crippen molar-refractivity contribution in [2.75, 3.05) is 11.4 Å². The highest BCUT2D eigenvalue weighted by atomic mass is 35.5. The molecule has 0 saturated carbocycles. The first-order valence-electron chi connectivity index (χ1n) is 6.13. The normalized spacial score (nSPS) is 16.4. The summed E-state index contributed by atoms with van der Waals surface area (Å²) in [6.07, 6.45) is 1.57. The molecule has 1 atom stereocenters. The summed E-state index contributed by atoms with van der Waals surface area (Å²) in [5.74, 6) is -0.359. The Morgan fingerprint density at radius 3 is 2.63 bits per heavy atom. The summed E-state index contributed by atoms with van der Waals surface area (Å²) >= 11 is 11.9. The van der Waals surface area contributed by atoms with Gasteiger partial charge in [-0.2, -0.15) is 0 Å². The second-order valence-electron chi connectivity index (χ2n) is 4.91. The van der Waals surface area contributed by atoms with Gasteiger partial charge in [-0.05, 0) is 30.4 Å². The van der Waals surface area contributed by atoms with Crippen molar-refractivity contribution in [1.29, 1.82) is 0 Å². The molecule has 0 aliphatic carbocycles. The highest BCUT2D eigenvalue weighted by Crippen LogP contribution is 2.33. The van der Waals surface area contributed by atoms with Crippen LogP contribution in [-0.4, -0.2) is 33.6 Å². The molecule has 7 heteroatoms. The third-order valence-corrected chi connectivity index (χ3v) is 3.71. The second kappa shape index (κ2) is 5.51. The van der Waals surface area contributed by atoms with Crippen LogP contribution in [0.2, 0.25) is 10.4 Å². The van der Waals surface area contributed by atoms with Crippen molar-refractivity contribution in [2.45, 2.75) is 32.7 Å². The monoisotopic (exact) mass is 303 g/mol. The molecule has 0 saturated heterocycles. The summed E-state index contributed by atoms with van der Waals surface area (Å²) in [5.41, 5.74) is 0.782. The van der Waals surface area contributed by atoms with Crippen molar-refractivity contribution in [3.8, 4) is 0 Å². The largest absolute Gasteiger partial charge is 0.480 e. The lowest BCUT2D eigenvalue weighted by molar-refractivity contribution is -0.139. The Kier molecular flexibility index (Phi) is 4.16. The van der Waals surface area contributed by atoms with E-state index in [1.807, 2.05) is 13.8 Å². The number of hydrogen-bond acceptors (Lipinski definition) is 4. The van der Waals surface area contributed by atoms with Crippen LogP contribution in [-0.2, 0) is 11.2 Å². The van der Waals surface area contributed by atoms with Gasteiger partial charge in [0.15, 0.2) is 0 Å². The van der Waals surface area contributed by atoms with E-state index in [0.717, 1.165) is 18.4 Å². The molecule has 5 nitrogen and oxygen atoms in total. The molecule has 1 aromatic rings. The molecule has 2 heterocycles. The fourth-order valence-corrected chi connectivity index (χ4v) is 2.92. The molecule has 0 amide bonds. The van der Waals surface area contributed by atoms with E-state index in [1.165, 1.54) is 0 Å². The molecule has 1 aliphatic heterocycles. The van der Waals surface area contributed by atoms with Gasteiger partial charge in [0.05, 0.1) is 0 Å². The van der Waals surface area contributed by atoms with Gasteiger partial charge in [-0.3, -0.25) is 0 Å². The number of halogens is 2. The van der Waals surface area contributed by atoms with E-state index < -0.39 is 12.0 Å². The summed E-state index contributed by atoms with van der Waals surface area (Å²) in [4.78, 5) is 21.3. The van der Waals surface area contributed by atoms with Crippen LogP contribution >= 0.6 is 23.2 Å². The van der Waals surface area contributed by atoms with E-state index >= 15 is 0 Å². The summed E-state index contributed by atoms with van der Waals surface area (Å²) < 4.78 is 0. The molecule has 1 aliphatic rings. The number of carboxylic acids is 1. The smallest absolute Gasteiger partial charge is 0.326 e. The number of carbonyl (C=O) groups is 1. The minimum Gasteiger partial charge on any atom is -0.480 e. The number of fused-ring (bicyclic) bond motifs is 1. The Morgan fingerprint density at radius 1 is 1.37 bits per heavy atom. The zero-order chi connectivity index (χ0) is 14.2. The molecule has 0 aromatic carbocycles. The zero-order valence-electron chi connectivity index (χ0n) is 10.7. The summed E-state index contributed by atoms with van der Waals surface area (Å²) in [6.45, 7) is 4.38. The number of aliphatic carboxylic acids is 1. The van der Waals surface area contributed by atoms with Gasteiger partial charge in [-0.15, -0.1) is 0 Å². The van der Waals surface area contributed by atoms with Crippen LogP contribution in [0, 0.1) is 5.92 Å². The Labute approximate surface area is 121 Å². The first kappa shape index (κ1) is 14.3. The maximum absolute atomic E-state index is 11.5. The fraction of sp³-hybridized carbons (Fsp3) is 0.583. The maximum atomic E-state index is 11.5. The molecule has 2 rings (SSSR count). The maximum Gasteiger partial charge on any atom is 0.326 e. The Bertz CT molecular complexity index is 508. The molecule has 0 radical (unpaired) electrons. The minimum atomic E-state index is -0.867. The van der Waals surface area contributed by atoms with E-state index in [4.69, 9.17) is 23.2 Å². The minimum absolute atomic E-state index is 0.0449. The van der Waals surface area contributed by atoms with E-state index in [0.29, 0.717) is 17.5 Å². The number of aromatic nitrogens is 2. The predicted molar refractivity (Wildman–Crippen MR) is 74.0 cm³/mol. The van der Waals surface area contributed by atoms with Crippen LogP contribution in [0.25, 0.3) is 0 Å². The van der Waals surface area contributed by atoms with Gasteiger partial charge in [-0.25, -0.2) is 14.8 Å². The lowest BCUT2D eigenvalue weighted by Gasteiger charge is -2.36. The summed E-state index contributed by atoms with van der Waals surface area (Å²) in [5, 5.41) is 9.77. The van der Waals surface area contributed by atoms with Gasteiger partial charge >= 0.3 is 5.97 Å². The third kappa shape index (κ3) is 2.77. The van der Waals surface area contributed by atoms with Crippen molar-refractivity contribution >= 4 is 35.0 Å². The molecule has 1 N–H and O–H groups in total. The number of anilines is 1. The Balaban J connectivity index is 2.49. The standard InChI is InChI=1S/C12H15Cl2N3O2/c1-6(2)8(11(18)19)17-5-3-4-7-9(13)15-12(14)16-10(7)17/h6,8H,3-5H2,1-2H3,(H,18,19). The number of carboxylic acid groups (broad SMARTS) is 1. The Hall–Kier alpha value is -1.07. The van der Waals surface area contributed by atoms with Crippen molar-refractivity contribution in [1.82, 2.24) is 9.97 Å². The summed E-state index contributed by atoms with van der Waals surface area (Å²) in [6, 6.07) is -0.638. The molecule has 1 unspecified atom stereocenters. The second-order valence-corrected chi connectivity index (χ2v) is 5.61. The predicted octanol–water partition coefficient (Wildman–Crippen LogP) is 2.65. The highest BCUT2D eigenvalue weighted by molar-refractivity contribution is 6.32. The zero-order valence-corrected chi connectivity index (χ0v) is 12.2. The van der Waals surface area contributed by atoms with Gasteiger partial charge in [0.1, 0.15) is 17.0 Å². The van der Waals surface area contributed by atoms with Crippen molar-refractivity contribution in [3.05, 3.63) is 16.0 Å². The van der Waals surface area contributed by atoms with Crippen molar-refractivity contribution in [2.24, 2.45) is 5.92 Å². The van der Waals surface area contributed by atoms with Gasteiger partial charge in [-0.1, -0.05) is 25.4 Å². The topological polar surface area (TPSA) is 66.3 Å². The molecular formula is C12H15Cl2N3O2. The molecule has 0 fully saturated rings. The van der Waals surface area contributed by atoms with Gasteiger partial charge in [0.2, 0.25) is 5.28 Å². The van der Waals surface area contributed by atoms with Crippen LogP contribution in [0.5, 0.6) is 0 Å². The van der Waals surface area contributed by atoms with Crippen LogP contribution < -0.4 is 4.90 Å². The lowest BCUT2D eigenvalue weighted by Crippen LogP contribution is -2.47. The van der Waals surface area contributed by atoms with Crippen LogP contribution in [0.3, 0.4) is 0 Å². The van der Waals surface area contributed by atoms with Crippen LogP contribution in [0.1, 0.15) is 25.8 Å². The average molecular weight is 304 g/mol. The first-order valence-corrected chi connectivity index (χ1v) is 6.88. The van der Waals surface area contributed by atoms with Gasteiger partial charge < -0.3 is 10.0 Å². The Morgan fingerprint density at radius 2 is 2.05 bits per heavy atom. The highest BCUT2D eigenvalue weighted by Gasteiger charge is 2.34. The average Bonchev–Trinajstić information content (AvgIpc) is 2.29. The first-order chi connectivity index (χ1) is 8.91. The van der Waals surface area contributed by atoms with Gasteiger partial charge in [0.25, 0.3) is 0 Å². The van der Waals surface area contributed by atoms with Crippen LogP contribution in [0.15, 0.2) is 0 Å². The fourth-order valence-electron chi connectivity index (χ4n) is 2.45. The molecule has 1 aromatic heterocycles. The van der Waals surface area contributed by atoms with Gasteiger partial charge in [0, 0.05) is 12.1 Å². The molecule has 19 heavy (non-hydrogen) atoms. The van der Waals surface area contributed by atoms with E-state index in [2.05, 4.69) is 9.97 Å². The molecular weight excluding hydrogens is 289 g/mol. The molecule has 0 spiro atoms. The number of nitrogens with zero attached hydrogens (tertiary/aromatic N) is 3. The third-order valence-electron chi connectivity index (χ3n) is 3.23. The van der Waals surface area contributed by atoms with Crippen LogP contribution in [0.4, 0.5) is 5.82 Å². The number of rotatable bonds is 3. The van der Waals surface area contributed by atoms with E-state index in [-0.39, 0.29) is 11.2 Å². The SMILES string of the molecule is CC(C)C(C(=O)O)N1CCCc2c(Cl)nc(Cl)nc21. The van der Waals surface area contributed by atoms with Crippen molar-refractivity contribution < 1.29 is 9.90 Å².